The molecule has 0 aliphatic carbocycles. The molecule has 1 aliphatic rings. The molecule has 0 saturated carbocycles. The lowest BCUT2D eigenvalue weighted by atomic mass is 9.92. The average molecular weight is 428 g/mol. The highest BCUT2D eigenvalue weighted by Gasteiger charge is 2.38. The Morgan fingerprint density at radius 2 is 1.74 bits per heavy atom. The smallest absolute Gasteiger partial charge is 0.307 e. The van der Waals surface area contributed by atoms with Crippen molar-refractivity contribution in [3.05, 3.63) is 77.5 Å². The van der Waals surface area contributed by atoms with Crippen molar-refractivity contribution in [2.24, 2.45) is 0 Å². The van der Waals surface area contributed by atoms with E-state index in [1.807, 2.05) is 57.2 Å². The van der Waals surface area contributed by atoms with E-state index in [1.165, 1.54) is 12.1 Å². The van der Waals surface area contributed by atoms with Gasteiger partial charge in [-0.25, -0.2) is 9.48 Å². The fourth-order valence-electron chi connectivity index (χ4n) is 3.64. The summed E-state index contributed by atoms with van der Waals surface area (Å²) < 4.78 is 41.0. The Morgan fingerprint density at radius 1 is 1.03 bits per heavy atom. The number of hydrogen-bond donors (Lipinski definition) is 1. The molecular weight excluding hydrogens is 405 g/mol. The summed E-state index contributed by atoms with van der Waals surface area (Å²) in [5.74, 6) is 0.614. The first kappa shape index (κ1) is 21.0. The number of carbonyl (C=O) groups excluding carboxylic acids is 1. The van der Waals surface area contributed by atoms with Crippen LogP contribution >= 0.6 is 0 Å². The Balaban J connectivity index is 1.69. The van der Waals surface area contributed by atoms with Crippen molar-refractivity contribution in [2.45, 2.75) is 44.9 Å². The third-order valence-corrected chi connectivity index (χ3v) is 5.28. The van der Waals surface area contributed by atoms with Gasteiger partial charge in [-0.2, -0.15) is 18.3 Å². The molecule has 0 saturated heterocycles. The van der Waals surface area contributed by atoms with E-state index in [2.05, 4.69) is 10.4 Å². The molecule has 8 heteroatoms. The van der Waals surface area contributed by atoms with Crippen LogP contribution < -0.4 is 10.2 Å². The maximum absolute atomic E-state index is 13.3. The minimum absolute atomic E-state index is 0.0839. The number of benzene rings is 2. The van der Waals surface area contributed by atoms with E-state index < -0.39 is 17.8 Å². The van der Waals surface area contributed by atoms with Gasteiger partial charge in [-0.05, 0) is 23.8 Å². The summed E-state index contributed by atoms with van der Waals surface area (Å²) in [5, 5.41) is 7.30. The minimum atomic E-state index is -4.48. The monoisotopic (exact) mass is 428 g/mol. The molecule has 1 unspecified atom stereocenters. The third kappa shape index (κ3) is 4.15. The molecule has 4 rings (SSSR count). The van der Waals surface area contributed by atoms with Gasteiger partial charge in [0, 0.05) is 17.2 Å². The Morgan fingerprint density at radius 3 is 2.39 bits per heavy atom. The lowest BCUT2D eigenvalue weighted by molar-refractivity contribution is -0.137. The van der Waals surface area contributed by atoms with E-state index >= 15 is 0 Å². The molecule has 1 N–H and O–H groups in total. The van der Waals surface area contributed by atoms with Crippen molar-refractivity contribution in [2.75, 3.05) is 10.2 Å². The van der Waals surface area contributed by atoms with Crippen molar-refractivity contribution in [1.29, 1.82) is 0 Å². The first-order chi connectivity index (χ1) is 14.5. The van der Waals surface area contributed by atoms with Gasteiger partial charge in [0.2, 0.25) is 0 Å². The summed E-state index contributed by atoms with van der Waals surface area (Å²) in [6.07, 6.45) is -4.48. The second kappa shape index (κ2) is 7.44. The molecule has 1 aromatic heterocycles. The quantitative estimate of drug-likeness (QED) is 0.545. The van der Waals surface area contributed by atoms with Gasteiger partial charge < -0.3 is 5.32 Å². The Kier molecular flexibility index (Phi) is 5.03. The molecule has 3 aromatic rings. The number of carbonyl (C=O) groups is 1. The van der Waals surface area contributed by atoms with Crippen LogP contribution in [0, 0.1) is 0 Å². The molecule has 1 aliphatic heterocycles. The fourth-order valence-corrected chi connectivity index (χ4v) is 3.64. The summed E-state index contributed by atoms with van der Waals surface area (Å²) in [6, 6.07) is 15.2. The summed E-state index contributed by atoms with van der Waals surface area (Å²) in [4.78, 5) is 14.8. The van der Waals surface area contributed by atoms with Gasteiger partial charge in [0.15, 0.2) is 0 Å². The lowest BCUT2D eigenvalue weighted by Gasteiger charge is -2.25. The van der Waals surface area contributed by atoms with Gasteiger partial charge in [0.05, 0.1) is 23.8 Å². The first-order valence-electron chi connectivity index (χ1n) is 9.95. The van der Waals surface area contributed by atoms with Gasteiger partial charge in [-0.1, -0.05) is 57.2 Å². The molecule has 31 heavy (non-hydrogen) atoms. The first-order valence-corrected chi connectivity index (χ1v) is 9.95. The van der Waals surface area contributed by atoms with Gasteiger partial charge >= 0.3 is 12.2 Å². The minimum Gasteiger partial charge on any atom is -0.307 e. The van der Waals surface area contributed by atoms with Gasteiger partial charge in [-0.15, -0.1) is 0 Å². The van der Waals surface area contributed by atoms with Crippen LogP contribution in [0.1, 0.15) is 43.6 Å². The van der Waals surface area contributed by atoms with E-state index in [0.717, 1.165) is 23.4 Å². The van der Waals surface area contributed by atoms with Crippen LogP contribution in [0.15, 0.2) is 60.7 Å². The molecule has 5 nitrogen and oxygen atoms in total. The number of anilines is 2. The predicted octanol–water partition coefficient (Wildman–Crippen LogP) is 5.99. The molecule has 2 heterocycles. The third-order valence-electron chi connectivity index (χ3n) is 5.28. The van der Waals surface area contributed by atoms with Gasteiger partial charge in [0.1, 0.15) is 5.82 Å². The standard InChI is InChI=1S/C23H23F3N4O/c1-22(2,3)19-13-20-29(28-19)14-18(15-8-5-4-6-9-15)30(20)21(31)27-17-11-7-10-16(12-17)23(24,25)26/h4-13,18H,14H2,1-3H3,(H,27,31). The summed E-state index contributed by atoms with van der Waals surface area (Å²) in [6.45, 7) is 6.57. The normalized spacial score (nSPS) is 16.3. The molecule has 0 fully saturated rings. The summed E-state index contributed by atoms with van der Waals surface area (Å²) in [5.41, 5.74) is 0.824. The van der Waals surface area contributed by atoms with Gasteiger partial charge in [0.25, 0.3) is 0 Å². The maximum Gasteiger partial charge on any atom is 0.416 e. The Hall–Kier alpha value is -3.29. The molecule has 0 radical (unpaired) electrons. The van der Waals surface area contributed by atoms with E-state index in [-0.39, 0.29) is 17.1 Å². The van der Waals surface area contributed by atoms with Crippen LogP contribution in [0.4, 0.5) is 29.5 Å². The van der Waals surface area contributed by atoms with Crippen molar-refractivity contribution < 1.29 is 18.0 Å². The van der Waals surface area contributed by atoms with Crippen molar-refractivity contribution in [1.82, 2.24) is 9.78 Å². The number of fused-ring (bicyclic) bond motifs is 1. The van der Waals surface area contributed by atoms with Crippen LogP contribution in [0.25, 0.3) is 0 Å². The highest BCUT2D eigenvalue weighted by atomic mass is 19.4. The number of nitrogens with zero attached hydrogens (tertiary/aromatic N) is 3. The molecule has 0 spiro atoms. The highest BCUT2D eigenvalue weighted by Crippen LogP contribution is 2.39. The zero-order chi connectivity index (χ0) is 22.4. The van der Waals surface area contributed by atoms with Crippen molar-refractivity contribution in [3.8, 4) is 0 Å². The van der Waals surface area contributed by atoms with Crippen molar-refractivity contribution >= 4 is 17.5 Å². The van der Waals surface area contributed by atoms with E-state index in [1.54, 1.807) is 9.58 Å². The van der Waals surface area contributed by atoms with Crippen LogP contribution in [0.3, 0.4) is 0 Å². The second-order valence-corrected chi connectivity index (χ2v) is 8.63. The largest absolute Gasteiger partial charge is 0.416 e. The Labute approximate surface area is 178 Å². The number of urea groups is 1. The highest BCUT2D eigenvalue weighted by molar-refractivity contribution is 6.02. The maximum atomic E-state index is 13.3. The second-order valence-electron chi connectivity index (χ2n) is 8.63. The van der Waals surface area contributed by atoms with Gasteiger partial charge in [-0.3, -0.25) is 4.90 Å². The zero-order valence-electron chi connectivity index (χ0n) is 17.4. The number of rotatable bonds is 2. The summed E-state index contributed by atoms with van der Waals surface area (Å²) in [7, 11) is 0. The molecule has 162 valence electrons. The Bertz CT molecular complexity index is 1100. The van der Waals surface area contributed by atoms with Crippen LogP contribution in [-0.4, -0.2) is 15.8 Å². The molecule has 0 bridgehead atoms. The number of halogens is 3. The zero-order valence-corrected chi connectivity index (χ0v) is 17.4. The lowest BCUT2D eigenvalue weighted by Crippen LogP contribution is -2.36. The van der Waals surface area contributed by atoms with E-state index in [9.17, 15) is 18.0 Å². The number of alkyl halides is 3. The van der Waals surface area contributed by atoms with Crippen LogP contribution in [0.2, 0.25) is 0 Å². The van der Waals surface area contributed by atoms with Crippen LogP contribution in [-0.2, 0) is 18.1 Å². The molecule has 2 aromatic carbocycles. The number of aromatic nitrogens is 2. The SMILES string of the molecule is CC(C)(C)c1cc2n(n1)CC(c1ccccc1)N2C(=O)Nc1cccc(C(F)(F)F)c1. The number of hydrogen-bond acceptors (Lipinski definition) is 2. The topological polar surface area (TPSA) is 50.2 Å². The number of nitrogens with one attached hydrogen (secondary N) is 1. The predicted molar refractivity (Wildman–Crippen MR) is 113 cm³/mol. The van der Waals surface area contributed by atoms with Crippen molar-refractivity contribution in [3.63, 3.8) is 0 Å². The molecular formula is C23H23F3N4O. The fraction of sp³-hybridized carbons (Fsp3) is 0.304. The molecule has 1 atom stereocenters. The molecule has 2 amide bonds. The van der Waals surface area contributed by atoms with E-state index in [0.29, 0.717) is 12.4 Å². The van der Waals surface area contributed by atoms with E-state index in [4.69, 9.17) is 0 Å². The van der Waals surface area contributed by atoms with Crippen LogP contribution in [0.5, 0.6) is 0 Å². The average Bonchev–Trinajstić information content (AvgIpc) is 3.26. The summed E-state index contributed by atoms with van der Waals surface area (Å²) >= 11 is 0. The number of amides is 2.